The summed E-state index contributed by atoms with van der Waals surface area (Å²) in [7, 11) is 0. The van der Waals surface area contributed by atoms with Gasteiger partial charge in [0.1, 0.15) is 11.8 Å². The van der Waals surface area contributed by atoms with Gasteiger partial charge in [-0.05, 0) is 38.2 Å². The summed E-state index contributed by atoms with van der Waals surface area (Å²) in [5.41, 5.74) is 1.43. The number of nitrogens with one attached hydrogen (secondary N) is 1. The summed E-state index contributed by atoms with van der Waals surface area (Å²) < 4.78 is 0. The van der Waals surface area contributed by atoms with Crippen molar-refractivity contribution in [2.75, 3.05) is 31.5 Å². The fourth-order valence-corrected chi connectivity index (χ4v) is 1.68. The smallest absolute Gasteiger partial charge is 0.142 e. The maximum absolute atomic E-state index is 8.72. The van der Waals surface area contributed by atoms with E-state index >= 15 is 0 Å². The van der Waals surface area contributed by atoms with Gasteiger partial charge in [0.2, 0.25) is 0 Å². The van der Waals surface area contributed by atoms with E-state index in [2.05, 4.69) is 29.0 Å². The number of hydrogen-bond donors (Lipinski definition) is 1. The van der Waals surface area contributed by atoms with Crippen LogP contribution in [0.3, 0.4) is 0 Å². The predicted octanol–water partition coefficient (Wildman–Crippen LogP) is 2.10. The summed E-state index contributed by atoms with van der Waals surface area (Å²) in [5.74, 6) is 0. The van der Waals surface area contributed by atoms with Crippen molar-refractivity contribution in [3.8, 4) is 6.07 Å². The molecule has 4 heteroatoms. The van der Waals surface area contributed by atoms with Gasteiger partial charge in [-0.2, -0.15) is 5.26 Å². The van der Waals surface area contributed by atoms with E-state index in [0.29, 0.717) is 5.69 Å². The Morgan fingerprint density at radius 2 is 2.18 bits per heavy atom. The molecule has 0 bridgehead atoms. The fourth-order valence-electron chi connectivity index (χ4n) is 1.68. The molecule has 1 heterocycles. The normalized spacial score (nSPS) is 10.2. The molecule has 0 saturated carbocycles. The first-order valence-corrected chi connectivity index (χ1v) is 6.12. The van der Waals surface area contributed by atoms with Gasteiger partial charge < -0.3 is 10.2 Å². The third-order valence-corrected chi connectivity index (χ3v) is 2.75. The lowest BCUT2D eigenvalue weighted by Gasteiger charge is -2.17. The topological polar surface area (TPSA) is 52.0 Å². The lowest BCUT2D eigenvalue weighted by atomic mass is 10.3. The minimum atomic E-state index is 0.457. The van der Waals surface area contributed by atoms with Gasteiger partial charge in [0.15, 0.2) is 0 Å². The average molecular weight is 232 g/mol. The number of hydrogen-bond acceptors (Lipinski definition) is 4. The summed E-state index contributed by atoms with van der Waals surface area (Å²) in [5, 5.41) is 12.0. The van der Waals surface area contributed by atoms with Gasteiger partial charge in [-0.25, -0.2) is 4.98 Å². The second-order valence-electron chi connectivity index (χ2n) is 3.85. The molecule has 0 aliphatic heterocycles. The van der Waals surface area contributed by atoms with Crippen LogP contribution < -0.4 is 5.32 Å². The summed E-state index contributed by atoms with van der Waals surface area (Å²) >= 11 is 0. The minimum Gasteiger partial charge on any atom is -0.385 e. The van der Waals surface area contributed by atoms with Gasteiger partial charge in [-0.3, -0.25) is 0 Å². The molecule has 0 radical (unpaired) electrons. The molecule has 92 valence electrons. The molecule has 4 nitrogen and oxygen atoms in total. The third kappa shape index (κ3) is 4.83. The van der Waals surface area contributed by atoms with Crippen LogP contribution >= 0.6 is 0 Å². The number of nitriles is 1. The minimum absolute atomic E-state index is 0.457. The zero-order valence-corrected chi connectivity index (χ0v) is 10.6. The number of nitrogens with zero attached hydrogens (tertiary/aromatic N) is 3. The Kier molecular flexibility index (Phi) is 6.05. The molecule has 0 saturated heterocycles. The van der Waals surface area contributed by atoms with Crippen LogP contribution in [0.1, 0.15) is 26.0 Å². The van der Waals surface area contributed by atoms with Crippen molar-refractivity contribution in [2.45, 2.75) is 20.3 Å². The van der Waals surface area contributed by atoms with Crippen molar-refractivity contribution < 1.29 is 0 Å². The maximum atomic E-state index is 8.72. The van der Waals surface area contributed by atoms with E-state index < -0.39 is 0 Å². The Labute approximate surface area is 103 Å². The second kappa shape index (κ2) is 7.64. The Morgan fingerprint density at radius 3 is 2.82 bits per heavy atom. The molecule has 1 rings (SSSR count). The Hall–Kier alpha value is -1.60. The SMILES string of the molecule is CCN(CC)CCCNc1ccnc(C#N)c1. The van der Waals surface area contributed by atoms with Crippen molar-refractivity contribution in [3.63, 3.8) is 0 Å². The highest BCUT2D eigenvalue weighted by Crippen LogP contribution is 2.06. The van der Waals surface area contributed by atoms with E-state index in [4.69, 9.17) is 5.26 Å². The quantitative estimate of drug-likeness (QED) is 0.731. The van der Waals surface area contributed by atoms with Gasteiger partial charge in [-0.1, -0.05) is 13.8 Å². The van der Waals surface area contributed by atoms with Crippen LogP contribution in [0.15, 0.2) is 18.3 Å². The van der Waals surface area contributed by atoms with Crippen LogP contribution in [-0.4, -0.2) is 36.1 Å². The van der Waals surface area contributed by atoms with Gasteiger partial charge >= 0.3 is 0 Å². The van der Waals surface area contributed by atoms with Crippen LogP contribution in [0.2, 0.25) is 0 Å². The molecule has 17 heavy (non-hydrogen) atoms. The van der Waals surface area contributed by atoms with Crippen LogP contribution in [0, 0.1) is 11.3 Å². The lowest BCUT2D eigenvalue weighted by molar-refractivity contribution is 0.303. The number of pyridine rings is 1. The summed E-state index contributed by atoms with van der Waals surface area (Å²) in [6.07, 6.45) is 2.76. The molecular weight excluding hydrogens is 212 g/mol. The monoisotopic (exact) mass is 232 g/mol. The van der Waals surface area contributed by atoms with Crippen LogP contribution in [-0.2, 0) is 0 Å². The van der Waals surface area contributed by atoms with Crippen molar-refractivity contribution in [1.29, 1.82) is 5.26 Å². The lowest BCUT2D eigenvalue weighted by Crippen LogP contribution is -2.25. The van der Waals surface area contributed by atoms with E-state index in [1.165, 1.54) is 0 Å². The molecule has 1 aromatic heterocycles. The van der Waals surface area contributed by atoms with Crippen LogP contribution in [0.4, 0.5) is 5.69 Å². The molecule has 0 aliphatic carbocycles. The molecule has 0 spiro atoms. The van der Waals surface area contributed by atoms with Gasteiger partial charge in [0.05, 0.1) is 0 Å². The zero-order chi connectivity index (χ0) is 12.5. The van der Waals surface area contributed by atoms with Crippen molar-refractivity contribution in [3.05, 3.63) is 24.0 Å². The number of anilines is 1. The summed E-state index contributed by atoms with van der Waals surface area (Å²) in [6, 6.07) is 5.70. The van der Waals surface area contributed by atoms with E-state index in [9.17, 15) is 0 Å². The first kappa shape index (κ1) is 13.5. The molecule has 1 aromatic rings. The van der Waals surface area contributed by atoms with Gasteiger partial charge in [0.25, 0.3) is 0 Å². The van der Waals surface area contributed by atoms with Crippen molar-refractivity contribution in [2.24, 2.45) is 0 Å². The summed E-state index contributed by atoms with van der Waals surface area (Å²) in [4.78, 5) is 6.33. The largest absolute Gasteiger partial charge is 0.385 e. The van der Waals surface area contributed by atoms with Crippen LogP contribution in [0.5, 0.6) is 0 Å². The highest BCUT2D eigenvalue weighted by molar-refractivity contribution is 5.45. The zero-order valence-electron chi connectivity index (χ0n) is 10.6. The van der Waals surface area contributed by atoms with Gasteiger partial charge in [-0.15, -0.1) is 0 Å². The number of rotatable bonds is 7. The number of aromatic nitrogens is 1. The van der Waals surface area contributed by atoms with Crippen LogP contribution in [0.25, 0.3) is 0 Å². The first-order chi connectivity index (χ1) is 8.30. The Morgan fingerprint density at radius 1 is 1.41 bits per heavy atom. The molecule has 0 amide bonds. The summed E-state index contributed by atoms with van der Waals surface area (Å²) in [6.45, 7) is 8.59. The standard InChI is InChI=1S/C13H20N4/c1-3-17(4-2)9-5-7-15-12-6-8-16-13(10-12)11-14/h6,8,10H,3-5,7,9H2,1-2H3,(H,15,16). The molecule has 0 aromatic carbocycles. The molecule has 0 atom stereocenters. The van der Waals surface area contributed by atoms with Gasteiger partial charge in [0, 0.05) is 18.4 Å². The fraction of sp³-hybridized carbons (Fsp3) is 0.538. The Balaban J connectivity index is 2.29. The maximum Gasteiger partial charge on any atom is 0.142 e. The van der Waals surface area contributed by atoms with E-state index in [0.717, 1.165) is 38.3 Å². The van der Waals surface area contributed by atoms with E-state index in [1.807, 2.05) is 12.1 Å². The van der Waals surface area contributed by atoms with E-state index in [1.54, 1.807) is 12.3 Å². The van der Waals surface area contributed by atoms with E-state index in [-0.39, 0.29) is 0 Å². The highest BCUT2D eigenvalue weighted by atomic mass is 15.1. The first-order valence-electron chi connectivity index (χ1n) is 6.12. The molecular formula is C13H20N4. The highest BCUT2D eigenvalue weighted by Gasteiger charge is 1.99. The molecule has 0 unspecified atom stereocenters. The Bertz CT molecular complexity index is 366. The van der Waals surface area contributed by atoms with Crippen molar-refractivity contribution in [1.82, 2.24) is 9.88 Å². The predicted molar refractivity (Wildman–Crippen MR) is 69.8 cm³/mol. The molecule has 1 N–H and O–H groups in total. The second-order valence-corrected chi connectivity index (χ2v) is 3.85. The third-order valence-electron chi connectivity index (χ3n) is 2.75. The molecule has 0 aliphatic rings. The van der Waals surface area contributed by atoms with Crippen molar-refractivity contribution >= 4 is 5.69 Å². The molecule has 0 fully saturated rings. The average Bonchev–Trinajstić information content (AvgIpc) is 2.39.